The van der Waals surface area contributed by atoms with Gasteiger partial charge in [-0.05, 0) is 19.8 Å². The number of hydrogen-bond donors (Lipinski definition) is 1. The second kappa shape index (κ2) is 6.26. The number of carbonyl (C=O) groups is 2. The zero-order valence-corrected chi connectivity index (χ0v) is 15.1. The summed E-state index contributed by atoms with van der Waals surface area (Å²) >= 11 is 0. The van der Waals surface area contributed by atoms with Crippen molar-refractivity contribution in [2.75, 3.05) is 0 Å². The molecule has 1 fully saturated rings. The van der Waals surface area contributed by atoms with Crippen LogP contribution in [0, 0.1) is 12.8 Å². The summed E-state index contributed by atoms with van der Waals surface area (Å²) < 4.78 is 3.86. The summed E-state index contributed by atoms with van der Waals surface area (Å²) in [5, 5.41) is 13.9. The van der Waals surface area contributed by atoms with Crippen molar-refractivity contribution in [1.82, 2.24) is 24.2 Å². The molecule has 0 saturated carbocycles. The second-order valence-electron chi connectivity index (χ2n) is 7.22. The van der Waals surface area contributed by atoms with Crippen LogP contribution in [0.5, 0.6) is 0 Å². The quantitative estimate of drug-likeness (QED) is 0.894. The molecule has 138 valence electrons. The van der Waals surface area contributed by atoms with Gasteiger partial charge in [0.15, 0.2) is 0 Å². The normalized spacial score (nSPS) is 22.7. The highest BCUT2D eigenvalue weighted by atomic mass is 16.4. The number of carboxylic acids is 1. The molecule has 4 rings (SSSR count). The van der Waals surface area contributed by atoms with Crippen LogP contribution in [0.25, 0.3) is 0 Å². The van der Waals surface area contributed by atoms with Crippen molar-refractivity contribution >= 4 is 11.9 Å². The van der Waals surface area contributed by atoms with Gasteiger partial charge >= 0.3 is 5.97 Å². The Morgan fingerprint density at radius 2 is 2.19 bits per heavy atom. The summed E-state index contributed by atoms with van der Waals surface area (Å²) in [7, 11) is 1.82. The highest BCUT2D eigenvalue weighted by Gasteiger charge is 2.46. The molecule has 2 aliphatic heterocycles. The minimum absolute atomic E-state index is 0.0158. The number of aliphatic carboxylic acids is 1. The fraction of sp³-hybridized carbons (Fsp3) is 0.556. The number of rotatable bonds is 4. The van der Waals surface area contributed by atoms with E-state index in [1.165, 1.54) is 0 Å². The first-order valence-electron chi connectivity index (χ1n) is 9.01. The summed E-state index contributed by atoms with van der Waals surface area (Å²) in [5.74, 6) is -0.792. The van der Waals surface area contributed by atoms with E-state index in [0.717, 1.165) is 48.6 Å². The molecule has 8 nitrogen and oxygen atoms in total. The summed E-state index contributed by atoms with van der Waals surface area (Å²) in [5.41, 5.74) is 2.51. The van der Waals surface area contributed by atoms with Gasteiger partial charge in [0.25, 0.3) is 0 Å². The lowest BCUT2D eigenvalue weighted by Gasteiger charge is -2.26. The monoisotopic (exact) mass is 357 g/mol. The van der Waals surface area contributed by atoms with Gasteiger partial charge in [0.2, 0.25) is 5.91 Å². The highest BCUT2D eigenvalue weighted by Crippen LogP contribution is 2.40. The number of carbonyl (C=O) groups excluding carboxylic acids is 1. The minimum atomic E-state index is -0.946. The predicted molar refractivity (Wildman–Crippen MR) is 92.1 cm³/mol. The van der Waals surface area contributed by atoms with Crippen LogP contribution < -0.4 is 0 Å². The number of aryl methyl sites for hydroxylation is 3. The molecule has 2 aliphatic rings. The van der Waals surface area contributed by atoms with Gasteiger partial charge in [0.05, 0.1) is 30.4 Å². The Balaban J connectivity index is 1.68. The summed E-state index contributed by atoms with van der Waals surface area (Å²) in [6, 6.07) is -0.507. The van der Waals surface area contributed by atoms with Crippen molar-refractivity contribution in [3.8, 4) is 0 Å². The van der Waals surface area contributed by atoms with Crippen molar-refractivity contribution in [2.24, 2.45) is 13.0 Å². The van der Waals surface area contributed by atoms with E-state index in [0.29, 0.717) is 6.54 Å². The standard InChI is InChI=1S/C18H23N5O3/c1-11-14(8-19-21(11)2)17-13(18(25)26)7-16(24)23(17)10-12-9-22-6-4-3-5-15(22)20-12/h8-9,13,17H,3-7,10H2,1-2H3,(H,25,26)/t13-,17-/m0/s1. The van der Waals surface area contributed by atoms with Gasteiger partial charge in [0.1, 0.15) is 5.82 Å². The topological polar surface area (TPSA) is 93.2 Å². The number of nitrogens with zero attached hydrogens (tertiary/aromatic N) is 5. The molecule has 0 radical (unpaired) electrons. The number of aromatic nitrogens is 4. The molecule has 1 amide bonds. The Hall–Kier alpha value is -2.64. The lowest BCUT2D eigenvalue weighted by Crippen LogP contribution is -2.30. The first-order chi connectivity index (χ1) is 12.5. The molecule has 0 spiro atoms. The Morgan fingerprint density at radius 1 is 1.38 bits per heavy atom. The van der Waals surface area contributed by atoms with E-state index in [1.807, 2.05) is 20.2 Å². The van der Waals surface area contributed by atoms with Gasteiger partial charge in [-0.25, -0.2) is 4.98 Å². The number of imidazole rings is 1. The fourth-order valence-electron chi connectivity index (χ4n) is 4.11. The van der Waals surface area contributed by atoms with Gasteiger partial charge in [-0.15, -0.1) is 0 Å². The number of carboxylic acid groups (broad SMARTS) is 1. The van der Waals surface area contributed by atoms with E-state index < -0.39 is 17.9 Å². The van der Waals surface area contributed by atoms with E-state index in [9.17, 15) is 14.7 Å². The molecule has 0 aliphatic carbocycles. The molecule has 2 atom stereocenters. The molecular weight excluding hydrogens is 334 g/mol. The van der Waals surface area contributed by atoms with Crippen LogP contribution in [0.2, 0.25) is 0 Å². The van der Waals surface area contributed by atoms with E-state index in [1.54, 1.807) is 15.8 Å². The van der Waals surface area contributed by atoms with Crippen LogP contribution in [-0.4, -0.2) is 41.2 Å². The van der Waals surface area contributed by atoms with Crippen molar-refractivity contribution < 1.29 is 14.7 Å². The third-order valence-corrected chi connectivity index (χ3v) is 5.63. The Labute approximate surface area is 151 Å². The van der Waals surface area contributed by atoms with Gasteiger partial charge in [-0.2, -0.15) is 5.10 Å². The van der Waals surface area contributed by atoms with E-state index in [2.05, 4.69) is 14.6 Å². The first-order valence-corrected chi connectivity index (χ1v) is 9.01. The third-order valence-electron chi connectivity index (χ3n) is 5.63. The van der Waals surface area contributed by atoms with Gasteiger partial charge in [0, 0.05) is 43.9 Å². The zero-order valence-electron chi connectivity index (χ0n) is 15.1. The Bertz CT molecular complexity index is 845. The second-order valence-corrected chi connectivity index (χ2v) is 7.22. The van der Waals surface area contributed by atoms with Crippen LogP contribution in [0.4, 0.5) is 0 Å². The fourth-order valence-corrected chi connectivity index (χ4v) is 4.11. The van der Waals surface area contributed by atoms with E-state index >= 15 is 0 Å². The summed E-state index contributed by atoms with van der Waals surface area (Å²) in [4.78, 5) is 30.8. The van der Waals surface area contributed by atoms with Crippen LogP contribution in [-0.2, 0) is 36.1 Å². The maximum Gasteiger partial charge on any atom is 0.309 e. The van der Waals surface area contributed by atoms with Gasteiger partial charge < -0.3 is 14.6 Å². The van der Waals surface area contributed by atoms with Crippen molar-refractivity contribution in [3.63, 3.8) is 0 Å². The maximum atomic E-state index is 12.6. The van der Waals surface area contributed by atoms with E-state index in [-0.39, 0.29) is 12.3 Å². The predicted octanol–water partition coefficient (Wildman–Crippen LogP) is 1.44. The third kappa shape index (κ3) is 2.69. The van der Waals surface area contributed by atoms with Gasteiger partial charge in [-0.1, -0.05) is 0 Å². The summed E-state index contributed by atoms with van der Waals surface area (Å²) in [6.45, 7) is 3.19. The Morgan fingerprint density at radius 3 is 2.85 bits per heavy atom. The summed E-state index contributed by atoms with van der Waals surface area (Å²) in [6.07, 6.45) is 6.93. The lowest BCUT2D eigenvalue weighted by atomic mass is 9.94. The van der Waals surface area contributed by atoms with E-state index in [4.69, 9.17) is 0 Å². The van der Waals surface area contributed by atoms with Crippen LogP contribution in [0.3, 0.4) is 0 Å². The first kappa shape index (κ1) is 16.8. The van der Waals surface area contributed by atoms with Crippen LogP contribution >= 0.6 is 0 Å². The minimum Gasteiger partial charge on any atom is -0.481 e. The molecule has 0 aromatic carbocycles. The number of amides is 1. The average molecular weight is 357 g/mol. The van der Waals surface area contributed by atoms with Crippen molar-refractivity contribution in [1.29, 1.82) is 0 Å². The highest BCUT2D eigenvalue weighted by molar-refractivity contribution is 5.87. The smallest absolute Gasteiger partial charge is 0.309 e. The molecule has 1 saturated heterocycles. The van der Waals surface area contributed by atoms with Crippen LogP contribution in [0.15, 0.2) is 12.4 Å². The zero-order chi connectivity index (χ0) is 18.4. The SMILES string of the molecule is Cc1c([C@@H]2[C@@H](C(=O)O)CC(=O)N2Cc2cn3c(n2)CCCC3)cnn1C. The largest absolute Gasteiger partial charge is 0.481 e. The number of hydrogen-bond acceptors (Lipinski definition) is 4. The lowest BCUT2D eigenvalue weighted by molar-refractivity contribution is -0.142. The molecule has 2 aromatic heterocycles. The molecule has 8 heteroatoms. The molecule has 26 heavy (non-hydrogen) atoms. The molecule has 2 aromatic rings. The van der Waals surface area contributed by atoms with Crippen molar-refractivity contribution in [2.45, 2.75) is 51.7 Å². The molecule has 0 unspecified atom stereocenters. The molecule has 0 bridgehead atoms. The average Bonchev–Trinajstić information content (AvgIpc) is 3.26. The number of likely N-dealkylation sites (tertiary alicyclic amines) is 1. The number of fused-ring (bicyclic) bond motifs is 1. The maximum absolute atomic E-state index is 12.6. The van der Waals surface area contributed by atoms with Gasteiger partial charge in [-0.3, -0.25) is 14.3 Å². The molecular formula is C18H23N5O3. The Kier molecular flexibility index (Phi) is 4.05. The van der Waals surface area contributed by atoms with Crippen LogP contribution in [0.1, 0.15) is 48.1 Å². The molecule has 4 heterocycles. The van der Waals surface area contributed by atoms with Crippen molar-refractivity contribution in [3.05, 3.63) is 35.2 Å². The molecule has 1 N–H and O–H groups in total.